The summed E-state index contributed by atoms with van der Waals surface area (Å²) in [4.78, 5) is 0. The molecule has 1 rings (SSSR count). The molecule has 0 radical (unpaired) electrons. The Morgan fingerprint density at radius 3 is 2.22 bits per heavy atom. The van der Waals surface area contributed by atoms with Crippen molar-refractivity contribution in [3.8, 4) is 0 Å². The zero-order chi connectivity index (χ0) is 7.11. The number of hydrogen-bond donors (Lipinski definition) is 4. The van der Waals surface area contributed by atoms with Crippen LogP contribution < -0.4 is 11.5 Å². The second-order valence-corrected chi connectivity index (χ2v) is 1.22. The number of nitrogens with one attached hydrogen (secondary N) is 2. The summed E-state index contributed by atoms with van der Waals surface area (Å²) in [7, 11) is 0. The minimum Gasteiger partial charge on any atom is -0.370 e. The smallest absolute Gasteiger partial charge is 0.183 e. The third kappa shape index (κ3) is 10.7. The second kappa shape index (κ2) is 4.63. The maximum absolute atomic E-state index is 6.06. The maximum Gasteiger partial charge on any atom is 0.183 e. The van der Waals surface area contributed by atoms with Crippen molar-refractivity contribution in [2.45, 2.75) is 0 Å². The van der Waals surface area contributed by atoms with Gasteiger partial charge < -0.3 is 11.5 Å². The van der Waals surface area contributed by atoms with Crippen molar-refractivity contribution in [3.63, 3.8) is 0 Å². The second-order valence-electron chi connectivity index (χ2n) is 1.22. The predicted molar refractivity (Wildman–Crippen MR) is 34.7 cm³/mol. The number of nitrogens with zero attached hydrogens (tertiary/aromatic N) is 1. The molecule has 50 valence electrons. The first-order chi connectivity index (χ1) is 4.23. The molecule has 0 aliphatic heterocycles. The monoisotopic (exact) mass is 127 g/mol. The van der Waals surface area contributed by atoms with Crippen LogP contribution in [-0.2, 0) is 0 Å². The van der Waals surface area contributed by atoms with Gasteiger partial charge in [-0.15, -0.1) is 0 Å². The van der Waals surface area contributed by atoms with Gasteiger partial charge in [0.25, 0.3) is 0 Å². The fraction of sp³-hybridized carbons (Fsp3) is 0. The average molecular weight is 127 g/mol. The summed E-state index contributed by atoms with van der Waals surface area (Å²) in [6.07, 6.45) is 3.46. The number of aromatic amines is 1. The number of aromatic nitrogens is 2. The molecule has 0 bridgehead atoms. The van der Waals surface area contributed by atoms with Crippen LogP contribution >= 0.6 is 0 Å². The van der Waals surface area contributed by atoms with E-state index in [4.69, 9.17) is 5.41 Å². The highest BCUT2D eigenvalue weighted by atomic mass is 15.1. The quantitative estimate of drug-likeness (QED) is 0.272. The van der Waals surface area contributed by atoms with Crippen LogP contribution in [0.25, 0.3) is 0 Å². The normalized spacial score (nSPS) is 7.11. The van der Waals surface area contributed by atoms with Crippen LogP contribution in [0.3, 0.4) is 0 Å². The van der Waals surface area contributed by atoms with Crippen LogP contribution in [0.5, 0.6) is 0 Å². The molecular weight excluding hydrogens is 118 g/mol. The van der Waals surface area contributed by atoms with E-state index in [1.165, 1.54) is 0 Å². The minimum atomic E-state index is -0.333. The third-order valence-corrected chi connectivity index (χ3v) is 0.406. The van der Waals surface area contributed by atoms with Gasteiger partial charge in [-0.1, -0.05) is 0 Å². The van der Waals surface area contributed by atoms with Crippen LogP contribution in [0.4, 0.5) is 0 Å². The maximum atomic E-state index is 6.06. The Balaban J connectivity index is 0.000000148. The van der Waals surface area contributed by atoms with Gasteiger partial charge in [0.15, 0.2) is 5.96 Å². The molecule has 0 saturated carbocycles. The summed E-state index contributed by atoms with van der Waals surface area (Å²) in [6, 6.07) is 1.83. The van der Waals surface area contributed by atoms with Gasteiger partial charge in [-0.05, 0) is 6.07 Å². The first kappa shape index (κ1) is 7.48. The molecule has 1 heterocycles. The van der Waals surface area contributed by atoms with E-state index < -0.39 is 0 Å². The molecule has 0 aliphatic carbocycles. The predicted octanol–water partition coefficient (Wildman–Crippen LogP) is -0.752. The van der Waals surface area contributed by atoms with E-state index in [0.29, 0.717) is 0 Å². The Hall–Kier alpha value is -1.52. The molecule has 0 atom stereocenters. The Morgan fingerprint density at radius 1 is 1.56 bits per heavy atom. The van der Waals surface area contributed by atoms with Crippen molar-refractivity contribution in [3.05, 3.63) is 18.5 Å². The molecule has 5 heteroatoms. The zero-order valence-electron chi connectivity index (χ0n) is 4.83. The molecule has 0 spiro atoms. The molecule has 9 heavy (non-hydrogen) atoms. The lowest BCUT2D eigenvalue weighted by molar-refractivity contribution is 1.09. The first-order valence-corrected chi connectivity index (χ1v) is 2.26. The summed E-state index contributed by atoms with van der Waals surface area (Å²) in [5, 5.41) is 12.3. The molecule has 0 unspecified atom stereocenters. The van der Waals surface area contributed by atoms with E-state index in [1.807, 2.05) is 6.07 Å². The number of nitrogens with two attached hydrogens (primary N) is 2. The largest absolute Gasteiger partial charge is 0.370 e. The first-order valence-electron chi connectivity index (χ1n) is 2.26. The Bertz CT molecular complexity index is 123. The van der Waals surface area contributed by atoms with Gasteiger partial charge in [-0.2, -0.15) is 5.10 Å². The van der Waals surface area contributed by atoms with Gasteiger partial charge in [0.05, 0.1) is 0 Å². The van der Waals surface area contributed by atoms with E-state index in [1.54, 1.807) is 12.4 Å². The van der Waals surface area contributed by atoms with Crippen LogP contribution in [0, 0.1) is 5.41 Å². The topological polar surface area (TPSA) is 105 Å². The number of H-pyrrole nitrogens is 1. The van der Waals surface area contributed by atoms with E-state index in [0.717, 1.165) is 0 Å². The van der Waals surface area contributed by atoms with E-state index in [-0.39, 0.29) is 5.96 Å². The number of guanidine groups is 1. The lowest BCUT2D eigenvalue weighted by atomic mass is 10.8. The Morgan fingerprint density at radius 2 is 2.11 bits per heavy atom. The summed E-state index contributed by atoms with van der Waals surface area (Å²) < 4.78 is 0. The molecule has 0 saturated heterocycles. The standard InChI is InChI=1S/C3H4N2.CH5N3/c1-2-4-5-3-1;2-1(3)4/h1-3H,(H,4,5);(H5,2,3,4). The van der Waals surface area contributed by atoms with E-state index in [2.05, 4.69) is 21.7 Å². The lowest BCUT2D eigenvalue weighted by Crippen LogP contribution is -2.20. The highest BCUT2D eigenvalue weighted by molar-refractivity contribution is 5.71. The van der Waals surface area contributed by atoms with Crippen LogP contribution in [0.1, 0.15) is 0 Å². The number of hydrogen-bond acceptors (Lipinski definition) is 2. The Labute approximate surface area is 52.6 Å². The molecule has 0 aromatic carbocycles. The summed E-state index contributed by atoms with van der Waals surface area (Å²) in [5.41, 5.74) is 8.94. The molecule has 5 nitrogen and oxygen atoms in total. The van der Waals surface area contributed by atoms with Gasteiger partial charge in [-0.25, -0.2) is 0 Å². The van der Waals surface area contributed by atoms with Crippen LogP contribution in [-0.4, -0.2) is 16.2 Å². The average Bonchev–Trinajstić information content (AvgIpc) is 2.11. The zero-order valence-corrected chi connectivity index (χ0v) is 4.83. The van der Waals surface area contributed by atoms with Gasteiger partial charge in [0.2, 0.25) is 0 Å². The summed E-state index contributed by atoms with van der Waals surface area (Å²) >= 11 is 0. The minimum absolute atomic E-state index is 0.333. The van der Waals surface area contributed by atoms with Gasteiger partial charge in [0, 0.05) is 12.4 Å². The Kier molecular flexibility index (Phi) is 3.85. The SMILES string of the molecule is N=C(N)N.c1cn[nH]c1. The van der Waals surface area contributed by atoms with Crippen molar-refractivity contribution in [1.82, 2.24) is 10.2 Å². The molecule has 0 aliphatic rings. The number of rotatable bonds is 0. The summed E-state index contributed by atoms with van der Waals surface area (Å²) in [6.45, 7) is 0. The van der Waals surface area contributed by atoms with Gasteiger partial charge in [-0.3, -0.25) is 10.5 Å². The van der Waals surface area contributed by atoms with Crippen molar-refractivity contribution in [1.29, 1.82) is 5.41 Å². The molecule has 0 fully saturated rings. The summed E-state index contributed by atoms with van der Waals surface area (Å²) in [5.74, 6) is -0.333. The fourth-order valence-electron chi connectivity index (χ4n) is 0.215. The van der Waals surface area contributed by atoms with Gasteiger partial charge in [0.1, 0.15) is 0 Å². The van der Waals surface area contributed by atoms with Crippen molar-refractivity contribution in [2.75, 3.05) is 0 Å². The lowest BCUT2D eigenvalue weighted by Gasteiger charge is -1.69. The fourth-order valence-corrected chi connectivity index (χ4v) is 0.215. The molecular formula is C4H9N5. The van der Waals surface area contributed by atoms with Crippen LogP contribution in [0.15, 0.2) is 18.5 Å². The third-order valence-electron chi connectivity index (χ3n) is 0.406. The van der Waals surface area contributed by atoms with Crippen molar-refractivity contribution in [2.24, 2.45) is 11.5 Å². The molecule has 1 aromatic rings. The molecule has 1 aromatic heterocycles. The van der Waals surface area contributed by atoms with E-state index >= 15 is 0 Å². The molecule has 0 amide bonds. The highest BCUT2D eigenvalue weighted by Crippen LogP contribution is 1.64. The van der Waals surface area contributed by atoms with Crippen molar-refractivity contribution < 1.29 is 0 Å². The van der Waals surface area contributed by atoms with E-state index in [9.17, 15) is 0 Å². The van der Waals surface area contributed by atoms with Gasteiger partial charge >= 0.3 is 0 Å². The molecule has 6 N–H and O–H groups in total. The van der Waals surface area contributed by atoms with Crippen LogP contribution in [0.2, 0.25) is 0 Å². The highest BCUT2D eigenvalue weighted by Gasteiger charge is 1.56. The van der Waals surface area contributed by atoms with Crippen molar-refractivity contribution >= 4 is 5.96 Å².